The second-order valence-corrected chi connectivity index (χ2v) is 12.1. The van der Waals surface area contributed by atoms with Gasteiger partial charge in [0, 0.05) is 5.56 Å². The van der Waals surface area contributed by atoms with E-state index in [0.717, 1.165) is 11.8 Å². The summed E-state index contributed by atoms with van der Waals surface area (Å²) < 4.78 is 64.7. The van der Waals surface area contributed by atoms with Gasteiger partial charge in [-0.1, -0.05) is 0 Å². The first-order valence-corrected chi connectivity index (χ1v) is 16.5. The van der Waals surface area contributed by atoms with Crippen LogP contribution in [0.15, 0.2) is 4.42 Å². The average molecular weight is 573 g/mol. The predicted molar refractivity (Wildman–Crippen MR) is 137 cm³/mol. The van der Waals surface area contributed by atoms with Crippen LogP contribution >= 0.6 is 27.0 Å². The lowest BCUT2D eigenvalue weighted by Gasteiger charge is -2.19. The van der Waals surface area contributed by atoms with Crippen molar-refractivity contribution in [3.8, 4) is 0 Å². The average Bonchev–Trinajstić information content (AvgIpc) is 3.10. The Kier molecular flexibility index (Phi) is 15.2. The molecule has 0 saturated heterocycles. The van der Waals surface area contributed by atoms with Crippen LogP contribution in [0.3, 0.4) is 0 Å². The highest BCUT2D eigenvalue weighted by atomic mass is 32.2. The molecule has 1 aromatic heterocycles. The molecule has 0 spiro atoms. The third-order valence-corrected chi connectivity index (χ3v) is 9.28. The van der Waals surface area contributed by atoms with Gasteiger partial charge >= 0.3 is 27.1 Å². The second-order valence-electron chi connectivity index (χ2n) is 7.03. The van der Waals surface area contributed by atoms with Crippen molar-refractivity contribution in [2.75, 3.05) is 45.4 Å². The van der Waals surface area contributed by atoms with Crippen LogP contribution in [0.25, 0.3) is 0 Å². The normalized spacial score (nSPS) is 12.1. The molecule has 0 atom stereocenters. The zero-order valence-corrected chi connectivity index (χ0v) is 24.5. The fourth-order valence-electron chi connectivity index (χ4n) is 3.25. The summed E-state index contributed by atoms with van der Waals surface area (Å²) in [5.74, 6) is -0.741. The smallest absolute Gasteiger partial charge is 0.342 e. The van der Waals surface area contributed by atoms with Gasteiger partial charge in [0.25, 0.3) is 0 Å². The minimum Gasteiger partial charge on any atom is -0.465 e. The molecule has 208 valence electrons. The van der Waals surface area contributed by atoms with E-state index in [2.05, 4.69) is 0 Å². The van der Waals surface area contributed by atoms with E-state index in [4.69, 9.17) is 32.0 Å². The monoisotopic (exact) mass is 572 g/mol. The molecule has 0 saturated carbocycles. The molecule has 1 rings (SSSR count). The summed E-state index contributed by atoms with van der Waals surface area (Å²) in [5.41, 5.74) is 0.215. The Bertz CT molecular complexity index is 911. The highest BCUT2D eigenvalue weighted by Crippen LogP contribution is 2.56. The lowest BCUT2D eigenvalue weighted by Crippen LogP contribution is -2.11. The summed E-state index contributed by atoms with van der Waals surface area (Å²) in [7, 11) is -7.37. The Hall–Kier alpha value is -1.13. The number of rotatable bonds is 19. The first kappa shape index (κ1) is 32.9. The molecule has 1 aromatic rings. The molecule has 0 fully saturated rings. The number of hydrogen-bond acceptors (Lipinski definition) is 12. The zero-order valence-electron chi connectivity index (χ0n) is 21.9. The molecule has 14 heteroatoms. The van der Waals surface area contributed by atoms with Gasteiger partial charge < -0.3 is 32.0 Å². The van der Waals surface area contributed by atoms with E-state index >= 15 is 0 Å². The Balaban J connectivity index is 3.61. The lowest BCUT2D eigenvalue weighted by molar-refractivity contribution is -0.139. The van der Waals surface area contributed by atoms with E-state index < -0.39 is 27.1 Å². The van der Waals surface area contributed by atoms with Crippen molar-refractivity contribution in [3.05, 3.63) is 22.6 Å². The standard InChI is InChI=1S/C22H38O11P2S/c1-7-27-20(23)16-36-15-19-21(22(24)28-8-2)17(13-34(25,29-9-3)30-10-4)18(33-19)14-35(26,31-11-5)32-12-6/h7-16H2,1-6H3. The van der Waals surface area contributed by atoms with Crippen LogP contribution in [-0.2, 0) is 59.6 Å². The van der Waals surface area contributed by atoms with Gasteiger partial charge in [0.05, 0.1) is 57.3 Å². The molecule has 0 aromatic carbocycles. The van der Waals surface area contributed by atoms with Gasteiger partial charge in [-0.25, -0.2) is 4.79 Å². The topological polar surface area (TPSA) is 137 Å². The third-order valence-electron chi connectivity index (χ3n) is 4.39. The van der Waals surface area contributed by atoms with Crippen molar-refractivity contribution in [2.24, 2.45) is 0 Å². The van der Waals surface area contributed by atoms with Crippen LogP contribution in [0, 0.1) is 0 Å². The molecule has 0 amide bonds. The predicted octanol–water partition coefficient (Wildman–Crippen LogP) is 5.78. The number of ether oxygens (including phenoxy) is 2. The van der Waals surface area contributed by atoms with Gasteiger partial charge in [-0.05, 0) is 41.5 Å². The fraction of sp³-hybridized carbons (Fsp3) is 0.727. The summed E-state index contributed by atoms with van der Waals surface area (Å²) in [4.78, 5) is 24.8. The van der Waals surface area contributed by atoms with Crippen molar-refractivity contribution in [1.82, 2.24) is 0 Å². The number of furan rings is 1. The summed E-state index contributed by atoms with van der Waals surface area (Å²) >= 11 is 1.16. The molecule has 0 aliphatic heterocycles. The SMILES string of the molecule is CCOC(=O)CSCc1oc(CP(=O)(OCC)OCC)c(CP(=O)(OCC)OCC)c1C(=O)OCC. The van der Waals surface area contributed by atoms with E-state index in [9.17, 15) is 18.7 Å². The number of hydrogen-bond donors (Lipinski definition) is 0. The minimum atomic E-state index is -3.71. The van der Waals surface area contributed by atoms with E-state index in [1.165, 1.54) is 0 Å². The third kappa shape index (κ3) is 10.3. The summed E-state index contributed by atoms with van der Waals surface area (Å²) in [6.45, 7) is 10.8. The number of carbonyl (C=O) groups excluding carboxylic acids is 2. The van der Waals surface area contributed by atoms with Crippen LogP contribution in [0.4, 0.5) is 0 Å². The number of carbonyl (C=O) groups is 2. The molecule has 0 N–H and O–H groups in total. The van der Waals surface area contributed by atoms with Gasteiger partial charge in [-0.15, -0.1) is 11.8 Å². The summed E-state index contributed by atoms with van der Waals surface area (Å²) in [6, 6.07) is 0. The molecular formula is C22H38O11P2S. The van der Waals surface area contributed by atoms with Gasteiger partial charge in [0.15, 0.2) is 0 Å². The Morgan fingerprint density at radius 3 is 1.69 bits per heavy atom. The number of thioether (sulfide) groups is 1. The molecule has 0 bridgehead atoms. The maximum absolute atomic E-state index is 13.4. The van der Waals surface area contributed by atoms with Gasteiger partial charge in [-0.2, -0.15) is 0 Å². The van der Waals surface area contributed by atoms with Crippen LogP contribution < -0.4 is 0 Å². The molecule has 0 aliphatic carbocycles. The minimum absolute atomic E-state index is 0.0221. The molecule has 0 unspecified atom stereocenters. The van der Waals surface area contributed by atoms with Crippen LogP contribution in [0.5, 0.6) is 0 Å². The summed E-state index contributed by atoms with van der Waals surface area (Å²) in [6.07, 6.45) is -0.625. The van der Waals surface area contributed by atoms with E-state index in [1.54, 1.807) is 41.5 Å². The molecular weight excluding hydrogens is 534 g/mol. The molecule has 11 nitrogen and oxygen atoms in total. The fourth-order valence-corrected chi connectivity index (χ4v) is 7.41. The maximum atomic E-state index is 13.4. The summed E-state index contributed by atoms with van der Waals surface area (Å²) in [5, 5.41) is 0. The molecule has 1 heterocycles. The highest BCUT2D eigenvalue weighted by molar-refractivity contribution is 7.99. The Morgan fingerprint density at radius 1 is 0.722 bits per heavy atom. The lowest BCUT2D eigenvalue weighted by atomic mass is 10.1. The van der Waals surface area contributed by atoms with E-state index in [0.29, 0.717) is 0 Å². The Labute approximate surface area is 217 Å². The largest absolute Gasteiger partial charge is 0.465 e. The Morgan fingerprint density at radius 2 is 1.22 bits per heavy atom. The quantitative estimate of drug-likeness (QED) is 0.147. The van der Waals surface area contributed by atoms with Gasteiger partial charge in [-0.3, -0.25) is 13.9 Å². The van der Waals surface area contributed by atoms with E-state index in [1.807, 2.05) is 0 Å². The number of esters is 2. The van der Waals surface area contributed by atoms with Crippen LogP contribution in [0.1, 0.15) is 69.0 Å². The van der Waals surface area contributed by atoms with Crippen molar-refractivity contribution in [2.45, 2.75) is 59.6 Å². The molecule has 0 radical (unpaired) electrons. The molecule has 36 heavy (non-hydrogen) atoms. The first-order chi connectivity index (χ1) is 17.1. The van der Waals surface area contributed by atoms with Crippen molar-refractivity contribution in [3.63, 3.8) is 0 Å². The highest BCUT2D eigenvalue weighted by Gasteiger charge is 2.37. The zero-order chi connectivity index (χ0) is 27.2. The maximum Gasteiger partial charge on any atom is 0.342 e. The second kappa shape index (κ2) is 16.7. The van der Waals surface area contributed by atoms with Crippen LogP contribution in [-0.4, -0.2) is 57.3 Å². The van der Waals surface area contributed by atoms with E-state index in [-0.39, 0.29) is 86.1 Å². The van der Waals surface area contributed by atoms with Crippen LogP contribution in [0.2, 0.25) is 0 Å². The van der Waals surface area contributed by atoms with Crippen molar-refractivity contribution < 1.29 is 50.7 Å². The first-order valence-electron chi connectivity index (χ1n) is 11.9. The van der Waals surface area contributed by atoms with Gasteiger partial charge in [0.2, 0.25) is 0 Å². The van der Waals surface area contributed by atoms with Gasteiger partial charge in [0.1, 0.15) is 23.2 Å². The van der Waals surface area contributed by atoms with Crippen molar-refractivity contribution >= 4 is 38.9 Å². The van der Waals surface area contributed by atoms with Crippen molar-refractivity contribution in [1.29, 1.82) is 0 Å². The molecule has 0 aliphatic rings.